The van der Waals surface area contributed by atoms with Gasteiger partial charge in [0.2, 0.25) is 11.8 Å². The highest BCUT2D eigenvalue weighted by Gasteiger charge is 2.34. The number of nitrogens with zero attached hydrogens (tertiary/aromatic N) is 2. The maximum absolute atomic E-state index is 13.9. The van der Waals surface area contributed by atoms with Gasteiger partial charge in [-0.05, 0) is 48.4 Å². The van der Waals surface area contributed by atoms with Crippen molar-refractivity contribution in [2.45, 2.75) is 30.8 Å². The number of likely N-dealkylation sites (N-methyl/N-ethyl adjacent to an activating group) is 1. The van der Waals surface area contributed by atoms with Crippen LogP contribution in [0.4, 0.5) is 5.69 Å². The number of para-hydroxylation sites is 2. The molecule has 0 aliphatic heterocycles. The van der Waals surface area contributed by atoms with Gasteiger partial charge in [-0.1, -0.05) is 49.4 Å². The van der Waals surface area contributed by atoms with Crippen molar-refractivity contribution in [2.24, 2.45) is 0 Å². The van der Waals surface area contributed by atoms with Crippen molar-refractivity contribution in [1.29, 1.82) is 0 Å². The van der Waals surface area contributed by atoms with Gasteiger partial charge in [0.15, 0.2) is 0 Å². The Morgan fingerprint density at radius 1 is 0.895 bits per heavy atom. The van der Waals surface area contributed by atoms with E-state index in [0.717, 1.165) is 9.87 Å². The Kier molecular flexibility index (Phi) is 9.72. The standard InChI is InChI=1S/C28H33N3O6S/c1-5-24(28(33)29-2)30(19-21-15-17-22(36-3)18-16-21)27(32)20-31(25-13-9-10-14-26(25)37-4)38(34,35)23-11-7-6-8-12-23/h6-18,24H,5,19-20H2,1-4H3,(H,29,33). The minimum Gasteiger partial charge on any atom is -0.497 e. The predicted octanol–water partition coefficient (Wildman–Crippen LogP) is 3.45. The smallest absolute Gasteiger partial charge is 0.264 e. The Balaban J connectivity index is 2.07. The van der Waals surface area contributed by atoms with Gasteiger partial charge in [0, 0.05) is 13.6 Å². The summed E-state index contributed by atoms with van der Waals surface area (Å²) in [5.41, 5.74) is 0.973. The molecule has 1 atom stereocenters. The first kappa shape index (κ1) is 28.5. The Hall–Kier alpha value is -4.05. The fraction of sp³-hybridized carbons (Fsp3) is 0.286. The van der Waals surface area contributed by atoms with Crippen molar-refractivity contribution >= 4 is 27.5 Å². The molecule has 0 saturated carbocycles. The van der Waals surface area contributed by atoms with Crippen LogP contribution in [0.3, 0.4) is 0 Å². The van der Waals surface area contributed by atoms with Gasteiger partial charge in [0.05, 0.1) is 24.8 Å². The van der Waals surface area contributed by atoms with Crippen molar-refractivity contribution < 1.29 is 27.5 Å². The van der Waals surface area contributed by atoms with Crippen LogP contribution in [0.25, 0.3) is 0 Å². The second kappa shape index (κ2) is 13.0. The molecule has 0 saturated heterocycles. The summed E-state index contributed by atoms with van der Waals surface area (Å²) in [6.07, 6.45) is 0.335. The number of amides is 2. The highest BCUT2D eigenvalue weighted by atomic mass is 32.2. The molecule has 0 fully saturated rings. The molecule has 0 aliphatic rings. The molecule has 3 rings (SSSR count). The van der Waals surface area contributed by atoms with Gasteiger partial charge in [0.1, 0.15) is 24.1 Å². The Labute approximate surface area is 224 Å². The lowest BCUT2D eigenvalue weighted by Crippen LogP contribution is -2.51. The average molecular weight is 540 g/mol. The fourth-order valence-corrected chi connectivity index (χ4v) is 5.53. The molecule has 0 aliphatic carbocycles. The molecule has 202 valence electrons. The van der Waals surface area contributed by atoms with Crippen molar-refractivity contribution in [3.8, 4) is 11.5 Å². The number of anilines is 1. The summed E-state index contributed by atoms with van der Waals surface area (Å²) < 4.78 is 39.3. The zero-order valence-electron chi connectivity index (χ0n) is 22.0. The Bertz CT molecular complexity index is 1330. The van der Waals surface area contributed by atoms with E-state index in [-0.39, 0.29) is 23.0 Å². The monoisotopic (exact) mass is 539 g/mol. The lowest BCUT2D eigenvalue weighted by Gasteiger charge is -2.33. The number of methoxy groups -OCH3 is 2. The molecule has 1 unspecified atom stereocenters. The van der Waals surface area contributed by atoms with Crippen molar-refractivity contribution in [3.63, 3.8) is 0 Å². The van der Waals surface area contributed by atoms with Crippen LogP contribution in [0.1, 0.15) is 18.9 Å². The van der Waals surface area contributed by atoms with Gasteiger partial charge in [-0.2, -0.15) is 0 Å². The van der Waals surface area contributed by atoms with E-state index >= 15 is 0 Å². The Morgan fingerprint density at radius 3 is 2.11 bits per heavy atom. The molecule has 0 radical (unpaired) electrons. The predicted molar refractivity (Wildman–Crippen MR) is 146 cm³/mol. The zero-order chi connectivity index (χ0) is 27.7. The molecule has 0 heterocycles. The number of sulfonamides is 1. The van der Waals surface area contributed by atoms with Gasteiger partial charge in [-0.15, -0.1) is 0 Å². The van der Waals surface area contributed by atoms with Gasteiger partial charge in [0.25, 0.3) is 10.0 Å². The number of hydrogen-bond donors (Lipinski definition) is 1. The maximum Gasteiger partial charge on any atom is 0.264 e. The third-order valence-corrected chi connectivity index (χ3v) is 7.88. The van der Waals surface area contributed by atoms with Crippen molar-refractivity contribution in [1.82, 2.24) is 10.2 Å². The molecule has 0 bridgehead atoms. The van der Waals surface area contributed by atoms with Crippen LogP contribution < -0.4 is 19.1 Å². The van der Waals surface area contributed by atoms with Crippen LogP contribution in [0, 0.1) is 0 Å². The molecule has 2 amide bonds. The number of benzene rings is 3. The van der Waals surface area contributed by atoms with E-state index in [9.17, 15) is 18.0 Å². The third-order valence-electron chi connectivity index (χ3n) is 6.11. The van der Waals surface area contributed by atoms with Crippen LogP contribution in [0.2, 0.25) is 0 Å². The highest BCUT2D eigenvalue weighted by Crippen LogP contribution is 2.32. The SMILES string of the molecule is CCC(C(=O)NC)N(Cc1ccc(OC)cc1)C(=O)CN(c1ccccc1OC)S(=O)(=O)c1ccccc1. The molecular weight excluding hydrogens is 506 g/mol. The van der Waals surface area contributed by atoms with Gasteiger partial charge in [-0.25, -0.2) is 8.42 Å². The van der Waals surface area contributed by atoms with Crippen molar-refractivity contribution in [2.75, 3.05) is 32.1 Å². The number of rotatable bonds is 12. The van der Waals surface area contributed by atoms with Gasteiger partial charge < -0.3 is 19.7 Å². The molecule has 3 aromatic rings. The second-order valence-electron chi connectivity index (χ2n) is 8.40. The number of carbonyl (C=O) groups is 2. The van der Waals surface area contributed by atoms with Crippen LogP contribution in [0.15, 0.2) is 83.8 Å². The van der Waals surface area contributed by atoms with E-state index in [1.165, 1.54) is 31.2 Å². The fourth-order valence-electron chi connectivity index (χ4n) is 4.08. The number of ether oxygens (including phenoxy) is 2. The van der Waals surface area contributed by atoms with Crippen LogP contribution in [-0.2, 0) is 26.2 Å². The normalized spacial score (nSPS) is 11.8. The lowest BCUT2D eigenvalue weighted by molar-refractivity contribution is -0.140. The van der Waals surface area contributed by atoms with Crippen molar-refractivity contribution in [3.05, 3.63) is 84.4 Å². The molecular formula is C28H33N3O6S. The number of nitrogens with one attached hydrogen (secondary N) is 1. The molecule has 0 aromatic heterocycles. The van der Waals surface area contributed by atoms with E-state index in [0.29, 0.717) is 17.9 Å². The average Bonchev–Trinajstić information content (AvgIpc) is 2.96. The second-order valence-corrected chi connectivity index (χ2v) is 10.3. The summed E-state index contributed by atoms with van der Waals surface area (Å²) in [7, 11) is 0.327. The number of hydrogen-bond acceptors (Lipinski definition) is 6. The first-order valence-electron chi connectivity index (χ1n) is 12.1. The largest absolute Gasteiger partial charge is 0.497 e. The molecule has 10 heteroatoms. The van der Waals surface area contributed by atoms with Gasteiger partial charge in [-0.3, -0.25) is 13.9 Å². The van der Waals surface area contributed by atoms with E-state index in [1.54, 1.807) is 80.8 Å². The lowest BCUT2D eigenvalue weighted by atomic mass is 10.1. The summed E-state index contributed by atoms with van der Waals surface area (Å²) in [4.78, 5) is 28.1. The summed E-state index contributed by atoms with van der Waals surface area (Å²) >= 11 is 0. The van der Waals surface area contributed by atoms with E-state index in [1.807, 2.05) is 0 Å². The third kappa shape index (κ3) is 6.44. The summed E-state index contributed by atoms with van der Waals surface area (Å²) in [6, 6.07) is 20.8. The van der Waals surface area contributed by atoms with Gasteiger partial charge >= 0.3 is 0 Å². The minimum atomic E-state index is -4.17. The van der Waals surface area contributed by atoms with E-state index in [4.69, 9.17) is 9.47 Å². The molecule has 9 nitrogen and oxygen atoms in total. The summed E-state index contributed by atoms with van der Waals surface area (Å²) in [5, 5.41) is 2.61. The minimum absolute atomic E-state index is 0.0266. The van der Waals surface area contributed by atoms with Crippen LogP contribution >= 0.6 is 0 Å². The summed E-state index contributed by atoms with van der Waals surface area (Å²) in [5.74, 6) is 0.0620. The van der Waals surface area contributed by atoms with Crippen LogP contribution in [-0.4, -0.2) is 59.0 Å². The first-order valence-corrected chi connectivity index (χ1v) is 13.6. The highest BCUT2D eigenvalue weighted by molar-refractivity contribution is 7.92. The Morgan fingerprint density at radius 2 is 1.53 bits per heavy atom. The topological polar surface area (TPSA) is 105 Å². The molecule has 0 spiro atoms. The van der Waals surface area contributed by atoms with E-state index < -0.39 is 28.5 Å². The molecule has 38 heavy (non-hydrogen) atoms. The summed E-state index contributed by atoms with van der Waals surface area (Å²) in [6.45, 7) is 1.36. The van der Waals surface area contributed by atoms with Crippen LogP contribution in [0.5, 0.6) is 11.5 Å². The quantitative estimate of drug-likeness (QED) is 0.378. The number of carbonyl (C=O) groups excluding carboxylic acids is 2. The first-order chi connectivity index (χ1) is 18.3. The molecule has 3 aromatic carbocycles. The van der Waals surface area contributed by atoms with E-state index in [2.05, 4.69) is 5.32 Å². The molecule has 1 N–H and O–H groups in total. The maximum atomic E-state index is 13.9. The zero-order valence-corrected chi connectivity index (χ0v) is 22.8.